The summed E-state index contributed by atoms with van der Waals surface area (Å²) in [5.41, 5.74) is 3.05. The van der Waals surface area contributed by atoms with E-state index in [0.29, 0.717) is 11.4 Å². The number of amides is 1. The highest BCUT2D eigenvalue weighted by atomic mass is 19.1. The topological polar surface area (TPSA) is 81.9 Å². The van der Waals surface area contributed by atoms with E-state index in [1.807, 2.05) is 6.07 Å². The van der Waals surface area contributed by atoms with Gasteiger partial charge in [0.15, 0.2) is 0 Å². The number of rotatable bonds is 4. The number of hydrogen-bond acceptors (Lipinski definition) is 5. The molecule has 3 aromatic rings. The van der Waals surface area contributed by atoms with Crippen LogP contribution in [0.1, 0.15) is 26.3 Å². The van der Waals surface area contributed by atoms with Crippen LogP contribution < -0.4 is 5.32 Å². The lowest BCUT2D eigenvalue weighted by molar-refractivity contribution is 0.0523. The van der Waals surface area contributed by atoms with Crippen molar-refractivity contribution in [3.05, 3.63) is 54.1 Å². The number of aromatic nitrogens is 4. The minimum atomic E-state index is -0.581. The average Bonchev–Trinajstić information content (AvgIpc) is 3.05. The van der Waals surface area contributed by atoms with E-state index in [2.05, 4.69) is 20.6 Å². The maximum Gasteiger partial charge on any atom is 0.407 e. The van der Waals surface area contributed by atoms with Crippen molar-refractivity contribution in [1.82, 2.24) is 25.3 Å². The molecule has 0 atom stereocenters. The lowest BCUT2D eigenvalue weighted by Crippen LogP contribution is -2.32. The van der Waals surface area contributed by atoms with Crippen molar-refractivity contribution in [3.8, 4) is 22.5 Å². The Labute approximate surface area is 162 Å². The van der Waals surface area contributed by atoms with Gasteiger partial charge in [0.25, 0.3) is 0 Å². The Morgan fingerprint density at radius 2 is 1.93 bits per heavy atom. The van der Waals surface area contributed by atoms with Crippen molar-refractivity contribution in [3.63, 3.8) is 0 Å². The molecular weight excluding hydrogens is 361 g/mol. The van der Waals surface area contributed by atoms with E-state index in [0.717, 1.165) is 16.7 Å². The summed E-state index contributed by atoms with van der Waals surface area (Å²) in [4.78, 5) is 16.4. The summed E-state index contributed by atoms with van der Waals surface area (Å²) in [5.74, 6) is -0.309. The van der Waals surface area contributed by atoms with Gasteiger partial charge in [-0.15, -0.1) is 5.10 Å². The van der Waals surface area contributed by atoms with Crippen LogP contribution >= 0.6 is 0 Å². The molecule has 0 spiro atoms. The lowest BCUT2D eigenvalue weighted by Gasteiger charge is -2.20. The van der Waals surface area contributed by atoms with Crippen LogP contribution in [0.15, 0.2) is 42.7 Å². The molecule has 0 aliphatic carbocycles. The molecule has 0 unspecified atom stereocenters. The highest BCUT2D eigenvalue weighted by molar-refractivity contribution is 5.72. The molecule has 28 heavy (non-hydrogen) atoms. The summed E-state index contributed by atoms with van der Waals surface area (Å²) in [6.07, 6.45) is 2.93. The van der Waals surface area contributed by atoms with Gasteiger partial charge < -0.3 is 10.1 Å². The van der Waals surface area contributed by atoms with Crippen molar-refractivity contribution < 1.29 is 13.9 Å². The van der Waals surface area contributed by atoms with Crippen LogP contribution in [0.3, 0.4) is 0 Å². The smallest absolute Gasteiger partial charge is 0.407 e. The van der Waals surface area contributed by atoms with Crippen LogP contribution in [0.2, 0.25) is 0 Å². The van der Waals surface area contributed by atoms with Crippen LogP contribution in [0.5, 0.6) is 0 Å². The fourth-order valence-electron chi connectivity index (χ4n) is 2.59. The molecule has 0 bridgehead atoms. The van der Waals surface area contributed by atoms with Gasteiger partial charge in [-0.3, -0.25) is 9.67 Å². The van der Waals surface area contributed by atoms with E-state index < -0.39 is 11.7 Å². The summed E-state index contributed by atoms with van der Waals surface area (Å²) < 4.78 is 20.1. The highest BCUT2D eigenvalue weighted by Crippen LogP contribution is 2.27. The maximum atomic E-state index is 13.2. The first-order valence-corrected chi connectivity index (χ1v) is 8.80. The van der Waals surface area contributed by atoms with Crippen molar-refractivity contribution >= 4 is 6.09 Å². The molecule has 2 aromatic heterocycles. The average molecular weight is 383 g/mol. The molecule has 0 radical (unpaired) electrons. The first kappa shape index (κ1) is 19.5. The number of halogens is 1. The quantitative estimate of drug-likeness (QED) is 0.743. The van der Waals surface area contributed by atoms with E-state index in [1.165, 1.54) is 12.1 Å². The molecule has 0 aliphatic heterocycles. The first-order valence-electron chi connectivity index (χ1n) is 8.80. The molecule has 146 valence electrons. The Morgan fingerprint density at radius 3 is 2.54 bits per heavy atom. The highest BCUT2D eigenvalue weighted by Gasteiger charge is 2.17. The number of nitrogens with one attached hydrogen (secondary N) is 1. The van der Waals surface area contributed by atoms with E-state index in [-0.39, 0.29) is 12.4 Å². The van der Waals surface area contributed by atoms with Gasteiger partial charge in [-0.05, 0) is 56.7 Å². The Bertz CT molecular complexity index is 977. The number of carbonyl (C=O) groups excluding carboxylic acids is 1. The number of pyridine rings is 1. The summed E-state index contributed by atoms with van der Waals surface area (Å²) in [5, 5.41) is 10.9. The van der Waals surface area contributed by atoms with Crippen molar-refractivity contribution in [2.24, 2.45) is 7.05 Å². The molecular formula is C20H22FN5O2. The summed E-state index contributed by atoms with van der Waals surface area (Å²) in [6, 6.07) is 7.95. The standard InChI is InChI=1S/C20H22FN5O2/c1-20(2,3)28-19(27)23-11-14-10-22-17(13-5-7-15(21)8-6-13)9-16(14)18-12-26(4)25-24-18/h5-10,12H,11H2,1-4H3,(H,23,27). The van der Waals surface area contributed by atoms with Gasteiger partial charge in [-0.25, -0.2) is 9.18 Å². The molecule has 3 rings (SSSR count). The second-order valence-electron chi connectivity index (χ2n) is 7.37. The first-order chi connectivity index (χ1) is 13.2. The minimum absolute atomic E-state index is 0.220. The van der Waals surface area contributed by atoms with Crippen LogP contribution in [0.25, 0.3) is 22.5 Å². The number of hydrogen-bond donors (Lipinski definition) is 1. The van der Waals surface area contributed by atoms with E-state index >= 15 is 0 Å². The molecule has 0 fully saturated rings. The van der Waals surface area contributed by atoms with Crippen molar-refractivity contribution in [1.29, 1.82) is 0 Å². The SMILES string of the molecule is Cn1cc(-c2cc(-c3ccc(F)cc3)ncc2CNC(=O)OC(C)(C)C)nn1. The molecule has 0 saturated heterocycles. The molecule has 0 saturated carbocycles. The second-order valence-corrected chi connectivity index (χ2v) is 7.37. The number of alkyl carbamates (subject to hydrolysis) is 1. The minimum Gasteiger partial charge on any atom is -0.444 e. The second kappa shape index (κ2) is 7.75. The third kappa shape index (κ3) is 4.91. The van der Waals surface area contributed by atoms with Gasteiger partial charge in [-0.2, -0.15) is 0 Å². The largest absolute Gasteiger partial charge is 0.444 e. The zero-order chi connectivity index (χ0) is 20.3. The van der Waals surface area contributed by atoms with E-state index in [1.54, 1.807) is 57.0 Å². The van der Waals surface area contributed by atoms with Crippen molar-refractivity contribution in [2.45, 2.75) is 32.9 Å². The number of nitrogens with zero attached hydrogens (tertiary/aromatic N) is 4. The third-order valence-corrected chi connectivity index (χ3v) is 3.83. The zero-order valence-corrected chi connectivity index (χ0v) is 16.2. The Hall–Kier alpha value is -3.29. The predicted molar refractivity (Wildman–Crippen MR) is 103 cm³/mol. The molecule has 7 nitrogen and oxygen atoms in total. The van der Waals surface area contributed by atoms with Crippen LogP contribution in [-0.4, -0.2) is 31.7 Å². The Balaban J connectivity index is 1.91. The molecule has 1 N–H and O–H groups in total. The van der Waals surface area contributed by atoms with Gasteiger partial charge in [0.2, 0.25) is 0 Å². The van der Waals surface area contributed by atoms with Crippen LogP contribution in [0.4, 0.5) is 9.18 Å². The number of carbonyl (C=O) groups is 1. The summed E-state index contributed by atoms with van der Waals surface area (Å²) in [6.45, 7) is 5.63. The maximum absolute atomic E-state index is 13.2. The van der Waals surface area contributed by atoms with Gasteiger partial charge in [-0.1, -0.05) is 5.21 Å². The summed E-state index contributed by atoms with van der Waals surface area (Å²) >= 11 is 0. The van der Waals surface area contributed by atoms with Gasteiger partial charge in [0.05, 0.1) is 11.9 Å². The van der Waals surface area contributed by atoms with E-state index in [9.17, 15) is 9.18 Å². The monoisotopic (exact) mass is 383 g/mol. The normalized spacial score (nSPS) is 11.3. The number of aryl methyl sites for hydroxylation is 1. The molecule has 0 aliphatic rings. The third-order valence-electron chi connectivity index (χ3n) is 3.83. The Morgan fingerprint density at radius 1 is 1.21 bits per heavy atom. The molecule has 2 heterocycles. The fraction of sp³-hybridized carbons (Fsp3) is 0.300. The van der Waals surface area contributed by atoms with Gasteiger partial charge in [0.1, 0.15) is 17.1 Å². The Kier molecular flexibility index (Phi) is 5.39. The number of benzene rings is 1. The molecule has 8 heteroatoms. The van der Waals surface area contributed by atoms with Gasteiger partial charge in [0, 0.05) is 30.9 Å². The summed E-state index contributed by atoms with van der Waals surface area (Å²) in [7, 11) is 1.77. The van der Waals surface area contributed by atoms with Crippen LogP contribution in [-0.2, 0) is 18.3 Å². The van der Waals surface area contributed by atoms with Gasteiger partial charge >= 0.3 is 6.09 Å². The van der Waals surface area contributed by atoms with E-state index in [4.69, 9.17) is 4.74 Å². The molecule has 1 aromatic carbocycles. The fourth-order valence-corrected chi connectivity index (χ4v) is 2.59. The predicted octanol–water partition coefficient (Wildman–Crippen LogP) is 3.71. The molecule has 1 amide bonds. The zero-order valence-electron chi connectivity index (χ0n) is 16.2. The lowest BCUT2D eigenvalue weighted by atomic mass is 10.0. The van der Waals surface area contributed by atoms with Crippen LogP contribution in [0, 0.1) is 5.82 Å². The van der Waals surface area contributed by atoms with Crippen molar-refractivity contribution in [2.75, 3.05) is 0 Å². The number of ether oxygens (including phenoxy) is 1.